The SMILES string of the molecule is CC(C)C(CO)Nc1ncc(C(=O)O)cc1Cl. The van der Waals surface area contributed by atoms with E-state index in [1.165, 1.54) is 12.3 Å². The molecule has 0 fully saturated rings. The number of hydrogen-bond donors (Lipinski definition) is 3. The quantitative estimate of drug-likeness (QED) is 0.751. The summed E-state index contributed by atoms with van der Waals surface area (Å²) in [7, 11) is 0. The maximum absolute atomic E-state index is 10.7. The zero-order valence-electron chi connectivity index (χ0n) is 9.64. The van der Waals surface area contributed by atoms with Gasteiger partial charge < -0.3 is 15.5 Å². The number of nitrogens with zero attached hydrogens (tertiary/aromatic N) is 1. The number of aliphatic hydroxyl groups is 1. The number of halogens is 1. The Balaban J connectivity index is 2.89. The summed E-state index contributed by atoms with van der Waals surface area (Å²) in [6, 6.07) is 1.16. The zero-order valence-corrected chi connectivity index (χ0v) is 10.4. The van der Waals surface area contributed by atoms with Gasteiger partial charge in [0.1, 0.15) is 5.82 Å². The molecule has 0 radical (unpaired) electrons. The second-order valence-corrected chi connectivity index (χ2v) is 4.44. The van der Waals surface area contributed by atoms with Crippen molar-refractivity contribution in [1.82, 2.24) is 4.98 Å². The van der Waals surface area contributed by atoms with Gasteiger partial charge in [0.05, 0.1) is 23.2 Å². The molecule has 1 aromatic heterocycles. The van der Waals surface area contributed by atoms with Crippen molar-refractivity contribution >= 4 is 23.4 Å². The Kier molecular flexibility index (Phi) is 4.72. The smallest absolute Gasteiger partial charge is 0.337 e. The normalized spacial score (nSPS) is 12.5. The van der Waals surface area contributed by atoms with Crippen LogP contribution < -0.4 is 5.32 Å². The molecule has 5 nitrogen and oxygen atoms in total. The number of hydrogen-bond acceptors (Lipinski definition) is 4. The highest BCUT2D eigenvalue weighted by atomic mass is 35.5. The molecular formula is C11H15ClN2O3. The largest absolute Gasteiger partial charge is 0.478 e. The molecular weight excluding hydrogens is 244 g/mol. The van der Waals surface area contributed by atoms with Gasteiger partial charge in [-0.2, -0.15) is 0 Å². The van der Waals surface area contributed by atoms with Crippen LogP contribution in [0.25, 0.3) is 0 Å². The average molecular weight is 259 g/mol. The van der Waals surface area contributed by atoms with Crippen molar-refractivity contribution in [2.75, 3.05) is 11.9 Å². The fourth-order valence-corrected chi connectivity index (χ4v) is 1.48. The van der Waals surface area contributed by atoms with Gasteiger partial charge in [0.25, 0.3) is 0 Å². The average Bonchev–Trinajstić information content (AvgIpc) is 2.26. The maximum Gasteiger partial charge on any atom is 0.337 e. The number of carboxylic acids is 1. The Morgan fingerprint density at radius 1 is 1.59 bits per heavy atom. The van der Waals surface area contributed by atoms with Crippen LogP contribution in [-0.2, 0) is 0 Å². The van der Waals surface area contributed by atoms with Crippen molar-refractivity contribution in [3.63, 3.8) is 0 Å². The molecule has 0 aliphatic carbocycles. The van der Waals surface area contributed by atoms with Crippen molar-refractivity contribution in [3.05, 3.63) is 22.8 Å². The second kappa shape index (κ2) is 5.84. The molecule has 3 N–H and O–H groups in total. The molecule has 0 spiro atoms. The summed E-state index contributed by atoms with van der Waals surface area (Å²) in [6.07, 6.45) is 1.23. The Morgan fingerprint density at radius 3 is 2.65 bits per heavy atom. The third kappa shape index (κ3) is 3.57. The van der Waals surface area contributed by atoms with Gasteiger partial charge in [-0.15, -0.1) is 0 Å². The highest BCUT2D eigenvalue weighted by molar-refractivity contribution is 6.33. The molecule has 0 amide bonds. The van der Waals surface area contributed by atoms with Gasteiger partial charge in [0.15, 0.2) is 0 Å². The van der Waals surface area contributed by atoms with Crippen molar-refractivity contribution in [2.45, 2.75) is 19.9 Å². The lowest BCUT2D eigenvalue weighted by Gasteiger charge is -2.21. The van der Waals surface area contributed by atoms with Crippen molar-refractivity contribution in [3.8, 4) is 0 Å². The lowest BCUT2D eigenvalue weighted by molar-refractivity contribution is 0.0696. The molecule has 94 valence electrons. The molecule has 0 saturated heterocycles. The summed E-state index contributed by atoms with van der Waals surface area (Å²) in [6.45, 7) is 3.86. The summed E-state index contributed by atoms with van der Waals surface area (Å²) in [5.41, 5.74) is 0.0330. The van der Waals surface area contributed by atoms with Crippen molar-refractivity contribution in [1.29, 1.82) is 0 Å². The third-order valence-electron chi connectivity index (χ3n) is 2.41. The summed E-state index contributed by atoms with van der Waals surface area (Å²) in [5, 5.41) is 21.1. The number of anilines is 1. The van der Waals surface area contributed by atoms with Gasteiger partial charge in [-0.25, -0.2) is 9.78 Å². The van der Waals surface area contributed by atoms with E-state index in [0.717, 1.165) is 0 Å². The van der Waals surface area contributed by atoms with Gasteiger partial charge in [-0.05, 0) is 12.0 Å². The van der Waals surface area contributed by atoms with Crippen LogP contribution in [0.2, 0.25) is 5.02 Å². The summed E-state index contributed by atoms with van der Waals surface area (Å²) in [4.78, 5) is 14.6. The van der Waals surface area contributed by atoms with E-state index < -0.39 is 5.97 Å². The molecule has 1 aromatic rings. The Bertz CT molecular complexity index is 410. The highest BCUT2D eigenvalue weighted by Crippen LogP contribution is 2.22. The number of nitrogens with one attached hydrogen (secondary N) is 1. The monoisotopic (exact) mass is 258 g/mol. The van der Waals surface area contributed by atoms with Crippen molar-refractivity contribution in [2.24, 2.45) is 5.92 Å². The van der Waals surface area contributed by atoms with Gasteiger partial charge in [0.2, 0.25) is 0 Å². The Hall–Kier alpha value is -1.33. The molecule has 0 aliphatic rings. The van der Waals surface area contributed by atoms with Gasteiger partial charge in [-0.1, -0.05) is 25.4 Å². The zero-order chi connectivity index (χ0) is 13.0. The van der Waals surface area contributed by atoms with E-state index in [4.69, 9.17) is 21.8 Å². The first-order valence-corrected chi connectivity index (χ1v) is 5.59. The summed E-state index contributed by atoms with van der Waals surface area (Å²) >= 11 is 5.91. The van der Waals surface area contributed by atoms with E-state index in [9.17, 15) is 4.79 Å². The minimum atomic E-state index is -1.08. The lowest BCUT2D eigenvalue weighted by Crippen LogP contribution is -2.30. The van der Waals surface area contributed by atoms with Crippen LogP contribution in [-0.4, -0.2) is 33.8 Å². The molecule has 0 bridgehead atoms. The van der Waals surface area contributed by atoms with E-state index in [1.54, 1.807) is 0 Å². The molecule has 1 heterocycles. The van der Waals surface area contributed by atoms with E-state index in [0.29, 0.717) is 5.82 Å². The van der Waals surface area contributed by atoms with Gasteiger partial charge >= 0.3 is 5.97 Å². The van der Waals surface area contributed by atoms with Crippen LogP contribution in [0.4, 0.5) is 5.82 Å². The maximum atomic E-state index is 10.7. The van der Waals surface area contributed by atoms with Crippen LogP contribution in [0.1, 0.15) is 24.2 Å². The first-order chi connectivity index (χ1) is 7.95. The first-order valence-electron chi connectivity index (χ1n) is 5.22. The molecule has 1 rings (SSSR count). The fourth-order valence-electron chi connectivity index (χ4n) is 1.26. The number of rotatable bonds is 5. The number of aliphatic hydroxyl groups excluding tert-OH is 1. The molecule has 17 heavy (non-hydrogen) atoms. The van der Waals surface area contributed by atoms with Crippen LogP contribution in [0, 0.1) is 5.92 Å². The Labute approximate surface area is 104 Å². The standard InChI is InChI=1S/C11H15ClN2O3/c1-6(2)9(5-15)14-10-8(12)3-7(4-13-10)11(16)17/h3-4,6,9,15H,5H2,1-2H3,(H,13,14)(H,16,17). The number of aromatic nitrogens is 1. The van der Waals surface area contributed by atoms with E-state index in [2.05, 4.69) is 10.3 Å². The second-order valence-electron chi connectivity index (χ2n) is 4.04. The van der Waals surface area contributed by atoms with Gasteiger partial charge in [0, 0.05) is 6.20 Å². The predicted octanol–water partition coefficient (Wildman–Crippen LogP) is 1.86. The number of aromatic carboxylic acids is 1. The van der Waals surface area contributed by atoms with Gasteiger partial charge in [-0.3, -0.25) is 0 Å². The number of carboxylic acid groups (broad SMARTS) is 1. The van der Waals surface area contributed by atoms with Crippen LogP contribution >= 0.6 is 11.6 Å². The molecule has 1 unspecified atom stereocenters. The minimum Gasteiger partial charge on any atom is -0.478 e. The Morgan fingerprint density at radius 2 is 2.24 bits per heavy atom. The van der Waals surface area contributed by atoms with Crippen LogP contribution in [0.5, 0.6) is 0 Å². The first kappa shape index (κ1) is 13.7. The van der Waals surface area contributed by atoms with Crippen LogP contribution in [0.15, 0.2) is 12.3 Å². The summed E-state index contributed by atoms with van der Waals surface area (Å²) < 4.78 is 0. The third-order valence-corrected chi connectivity index (χ3v) is 2.70. The lowest BCUT2D eigenvalue weighted by atomic mass is 10.1. The molecule has 1 atom stereocenters. The van der Waals surface area contributed by atoms with E-state index in [-0.39, 0.29) is 29.2 Å². The molecule has 0 saturated carbocycles. The minimum absolute atomic E-state index is 0.0330. The number of pyridine rings is 1. The molecule has 0 aromatic carbocycles. The van der Waals surface area contributed by atoms with E-state index in [1.807, 2.05) is 13.8 Å². The summed E-state index contributed by atoms with van der Waals surface area (Å²) in [5.74, 6) is -0.491. The van der Waals surface area contributed by atoms with E-state index >= 15 is 0 Å². The number of carbonyl (C=O) groups is 1. The van der Waals surface area contributed by atoms with Crippen LogP contribution in [0.3, 0.4) is 0 Å². The molecule has 6 heteroatoms. The topological polar surface area (TPSA) is 82.5 Å². The highest BCUT2D eigenvalue weighted by Gasteiger charge is 2.15. The molecule has 0 aliphatic heterocycles. The predicted molar refractivity (Wildman–Crippen MR) is 65.5 cm³/mol. The van der Waals surface area contributed by atoms with Crippen molar-refractivity contribution < 1.29 is 15.0 Å². The fraction of sp³-hybridized carbons (Fsp3) is 0.455.